The van der Waals surface area contributed by atoms with Gasteiger partial charge < -0.3 is 11.1 Å². The van der Waals surface area contributed by atoms with E-state index in [2.05, 4.69) is 19.2 Å². The Labute approximate surface area is 101 Å². The number of hydrogen-bond acceptors (Lipinski definition) is 4. The molecule has 0 aliphatic carbocycles. The lowest BCUT2D eigenvalue weighted by molar-refractivity contribution is -0.384. The number of benzene rings is 1. The van der Waals surface area contributed by atoms with E-state index in [1.54, 1.807) is 6.07 Å². The standard InChI is InChI=1S/C12H19N3O2/c1-3-4-5-9(2)14-11-6-10(13)7-12(8-11)15(16)17/h6-9,14H,3-5,13H2,1-2H3. The molecule has 0 aliphatic heterocycles. The van der Waals surface area contributed by atoms with E-state index in [1.165, 1.54) is 12.1 Å². The van der Waals surface area contributed by atoms with Crippen LogP contribution in [0.2, 0.25) is 0 Å². The van der Waals surface area contributed by atoms with Gasteiger partial charge in [-0.25, -0.2) is 0 Å². The number of nitrogens with zero attached hydrogens (tertiary/aromatic N) is 1. The molecule has 0 saturated carbocycles. The minimum atomic E-state index is -0.432. The molecule has 17 heavy (non-hydrogen) atoms. The van der Waals surface area contributed by atoms with E-state index in [-0.39, 0.29) is 11.7 Å². The smallest absolute Gasteiger partial charge is 0.273 e. The summed E-state index contributed by atoms with van der Waals surface area (Å²) in [7, 11) is 0. The normalized spacial score (nSPS) is 12.1. The van der Waals surface area contributed by atoms with Crippen LogP contribution in [0.1, 0.15) is 33.1 Å². The number of nitrogen functional groups attached to an aromatic ring is 1. The monoisotopic (exact) mass is 237 g/mol. The molecule has 0 radical (unpaired) electrons. The summed E-state index contributed by atoms with van der Waals surface area (Å²) in [5, 5.41) is 13.9. The molecule has 0 bridgehead atoms. The third-order valence-corrected chi connectivity index (χ3v) is 2.55. The highest BCUT2D eigenvalue weighted by Gasteiger charge is 2.09. The van der Waals surface area contributed by atoms with Crippen LogP contribution >= 0.6 is 0 Å². The van der Waals surface area contributed by atoms with Crippen LogP contribution in [0.15, 0.2) is 18.2 Å². The van der Waals surface area contributed by atoms with Gasteiger partial charge in [-0.1, -0.05) is 19.8 Å². The fourth-order valence-electron chi connectivity index (χ4n) is 1.69. The van der Waals surface area contributed by atoms with Crippen LogP contribution in [-0.2, 0) is 0 Å². The van der Waals surface area contributed by atoms with Gasteiger partial charge in [0, 0.05) is 29.5 Å². The topological polar surface area (TPSA) is 81.2 Å². The van der Waals surface area contributed by atoms with Gasteiger partial charge in [-0.2, -0.15) is 0 Å². The molecule has 1 aromatic rings. The summed E-state index contributed by atoms with van der Waals surface area (Å²) in [6, 6.07) is 4.88. The van der Waals surface area contributed by atoms with Crippen molar-refractivity contribution >= 4 is 17.1 Å². The second kappa shape index (κ2) is 6.08. The Hall–Kier alpha value is -1.78. The lowest BCUT2D eigenvalue weighted by Gasteiger charge is -2.15. The predicted molar refractivity (Wildman–Crippen MR) is 70.1 cm³/mol. The molecule has 5 nitrogen and oxygen atoms in total. The largest absolute Gasteiger partial charge is 0.398 e. The Morgan fingerprint density at radius 1 is 1.47 bits per heavy atom. The van der Waals surface area contributed by atoms with Crippen molar-refractivity contribution in [3.8, 4) is 0 Å². The quantitative estimate of drug-likeness (QED) is 0.452. The van der Waals surface area contributed by atoms with Gasteiger partial charge in [0.1, 0.15) is 0 Å². The molecule has 94 valence electrons. The molecule has 0 aliphatic rings. The molecule has 3 N–H and O–H groups in total. The van der Waals surface area contributed by atoms with E-state index < -0.39 is 4.92 Å². The number of nitrogens with one attached hydrogen (secondary N) is 1. The third-order valence-electron chi connectivity index (χ3n) is 2.55. The van der Waals surface area contributed by atoms with Gasteiger partial charge in [0.15, 0.2) is 0 Å². The molecule has 1 atom stereocenters. The number of rotatable bonds is 6. The first-order valence-corrected chi connectivity index (χ1v) is 5.84. The Balaban J connectivity index is 2.73. The molecule has 0 saturated heterocycles. The van der Waals surface area contributed by atoms with Crippen molar-refractivity contribution < 1.29 is 4.92 Å². The van der Waals surface area contributed by atoms with Crippen molar-refractivity contribution in [1.29, 1.82) is 0 Å². The molecule has 0 aromatic heterocycles. The van der Waals surface area contributed by atoms with Gasteiger partial charge in [0.25, 0.3) is 5.69 Å². The summed E-state index contributed by atoms with van der Waals surface area (Å²) in [6.45, 7) is 4.20. The fraction of sp³-hybridized carbons (Fsp3) is 0.500. The molecule has 0 spiro atoms. The van der Waals surface area contributed by atoms with Gasteiger partial charge >= 0.3 is 0 Å². The van der Waals surface area contributed by atoms with Crippen molar-refractivity contribution in [2.75, 3.05) is 11.1 Å². The Morgan fingerprint density at radius 3 is 2.76 bits per heavy atom. The zero-order valence-corrected chi connectivity index (χ0v) is 10.3. The van der Waals surface area contributed by atoms with Crippen LogP contribution in [0.5, 0.6) is 0 Å². The molecule has 5 heteroatoms. The molecule has 1 aromatic carbocycles. The molecular weight excluding hydrogens is 218 g/mol. The van der Waals surface area contributed by atoms with Crippen molar-refractivity contribution in [3.63, 3.8) is 0 Å². The highest BCUT2D eigenvalue weighted by molar-refractivity contribution is 5.61. The number of anilines is 2. The average Bonchev–Trinajstić information content (AvgIpc) is 2.25. The van der Waals surface area contributed by atoms with Crippen LogP contribution in [0.25, 0.3) is 0 Å². The van der Waals surface area contributed by atoms with Crippen molar-refractivity contribution in [2.45, 2.75) is 39.2 Å². The molecule has 1 rings (SSSR count). The van der Waals surface area contributed by atoms with E-state index in [1.807, 2.05) is 0 Å². The van der Waals surface area contributed by atoms with E-state index in [9.17, 15) is 10.1 Å². The van der Waals surface area contributed by atoms with Gasteiger partial charge in [-0.3, -0.25) is 10.1 Å². The lowest BCUT2D eigenvalue weighted by Crippen LogP contribution is -2.15. The Bertz CT molecular complexity index is 393. The van der Waals surface area contributed by atoms with E-state index in [4.69, 9.17) is 5.73 Å². The number of nitrogens with two attached hydrogens (primary N) is 1. The zero-order valence-electron chi connectivity index (χ0n) is 10.3. The number of nitro groups is 1. The van der Waals surface area contributed by atoms with Crippen molar-refractivity contribution in [2.24, 2.45) is 0 Å². The molecule has 0 fully saturated rings. The SMILES string of the molecule is CCCCC(C)Nc1cc(N)cc([N+](=O)[O-])c1. The summed E-state index contributed by atoms with van der Waals surface area (Å²) in [6.07, 6.45) is 3.32. The number of hydrogen-bond donors (Lipinski definition) is 2. The second-order valence-electron chi connectivity index (χ2n) is 4.26. The van der Waals surface area contributed by atoms with Gasteiger partial charge in [-0.15, -0.1) is 0 Å². The first-order valence-electron chi connectivity index (χ1n) is 5.84. The molecule has 0 amide bonds. The van der Waals surface area contributed by atoms with Gasteiger partial charge in [-0.05, 0) is 19.4 Å². The van der Waals surface area contributed by atoms with Crippen LogP contribution in [-0.4, -0.2) is 11.0 Å². The summed E-state index contributed by atoms with van der Waals surface area (Å²) < 4.78 is 0. The fourth-order valence-corrected chi connectivity index (χ4v) is 1.69. The van der Waals surface area contributed by atoms with Crippen molar-refractivity contribution in [1.82, 2.24) is 0 Å². The molecule has 1 unspecified atom stereocenters. The molecule has 0 heterocycles. The Kier molecular flexibility index (Phi) is 4.75. The van der Waals surface area contributed by atoms with Crippen LogP contribution in [0, 0.1) is 10.1 Å². The van der Waals surface area contributed by atoms with E-state index in [0.717, 1.165) is 19.3 Å². The first kappa shape index (κ1) is 13.3. The number of non-ortho nitro benzene ring substituents is 1. The minimum Gasteiger partial charge on any atom is -0.398 e. The van der Waals surface area contributed by atoms with Crippen LogP contribution < -0.4 is 11.1 Å². The number of unbranched alkanes of at least 4 members (excludes halogenated alkanes) is 1. The highest BCUT2D eigenvalue weighted by atomic mass is 16.6. The maximum atomic E-state index is 10.7. The maximum Gasteiger partial charge on any atom is 0.273 e. The Morgan fingerprint density at radius 2 is 2.18 bits per heavy atom. The highest BCUT2D eigenvalue weighted by Crippen LogP contribution is 2.23. The zero-order chi connectivity index (χ0) is 12.8. The summed E-state index contributed by atoms with van der Waals surface area (Å²) in [5.74, 6) is 0. The van der Waals surface area contributed by atoms with E-state index >= 15 is 0 Å². The van der Waals surface area contributed by atoms with E-state index in [0.29, 0.717) is 11.4 Å². The van der Waals surface area contributed by atoms with Crippen LogP contribution in [0.3, 0.4) is 0 Å². The predicted octanol–water partition coefficient (Wildman–Crippen LogP) is 3.17. The minimum absolute atomic E-state index is 0.0233. The summed E-state index contributed by atoms with van der Waals surface area (Å²) in [4.78, 5) is 10.3. The van der Waals surface area contributed by atoms with Gasteiger partial charge in [0.05, 0.1) is 4.92 Å². The molecular formula is C12H19N3O2. The second-order valence-corrected chi connectivity index (χ2v) is 4.26. The van der Waals surface area contributed by atoms with Crippen molar-refractivity contribution in [3.05, 3.63) is 28.3 Å². The summed E-state index contributed by atoms with van der Waals surface area (Å²) >= 11 is 0. The maximum absolute atomic E-state index is 10.7. The summed E-state index contributed by atoms with van der Waals surface area (Å²) in [5.41, 5.74) is 6.77. The first-order chi connectivity index (χ1) is 8.02. The number of nitro benzene ring substituents is 1. The lowest BCUT2D eigenvalue weighted by atomic mass is 10.1. The van der Waals surface area contributed by atoms with Gasteiger partial charge in [0.2, 0.25) is 0 Å². The third kappa shape index (κ3) is 4.30. The average molecular weight is 237 g/mol. The van der Waals surface area contributed by atoms with Crippen LogP contribution in [0.4, 0.5) is 17.1 Å².